The van der Waals surface area contributed by atoms with Gasteiger partial charge in [0.15, 0.2) is 17.3 Å². The van der Waals surface area contributed by atoms with E-state index in [4.69, 9.17) is 9.47 Å². The second kappa shape index (κ2) is 6.99. The van der Waals surface area contributed by atoms with Gasteiger partial charge in [0.25, 0.3) is 0 Å². The zero-order valence-electron chi connectivity index (χ0n) is 14.5. The van der Waals surface area contributed by atoms with Gasteiger partial charge in [0, 0.05) is 30.8 Å². The van der Waals surface area contributed by atoms with Crippen LogP contribution in [0.1, 0.15) is 28.1 Å². The SMILES string of the molecule is Cc1ccsc1C(=O)C1CCCN(C(=O)Nc2ccc3c(c2)OCO3)C1. The Hall–Kier alpha value is -2.54. The van der Waals surface area contributed by atoms with Gasteiger partial charge in [-0.3, -0.25) is 4.79 Å². The van der Waals surface area contributed by atoms with E-state index >= 15 is 0 Å². The summed E-state index contributed by atoms with van der Waals surface area (Å²) in [5, 5.41) is 4.83. The number of anilines is 1. The molecular formula is C19H20N2O4S. The van der Waals surface area contributed by atoms with E-state index in [1.54, 1.807) is 23.1 Å². The number of ether oxygens (including phenoxy) is 2. The number of nitrogens with one attached hydrogen (secondary N) is 1. The first-order valence-corrected chi connectivity index (χ1v) is 9.53. The predicted molar refractivity (Wildman–Crippen MR) is 99.3 cm³/mol. The third kappa shape index (κ3) is 3.26. The molecular weight excluding hydrogens is 352 g/mol. The number of carbonyl (C=O) groups is 2. The number of thiophene rings is 1. The number of hydrogen-bond donors (Lipinski definition) is 1. The maximum absolute atomic E-state index is 12.8. The normalized spacial score (nSPS) is 18.7. The first-order chi connectivity index (χ1) is 12.6. The quantitative estimate of drug-likeness (QED) is 0.830. The van der Waals surface area contributed by atoms with E-state index in [1.807, 2.05) is 18.4 Å². The number of nitrogens with zero attached hydrogens (tertiary/aromatic N) is 1. The molecule has 1 N–H and O–H groups in total. The largest absolute Gasteiger partial charge is 0.454 e. The van der Waals surface area contributed by atoms with Crippen LogP contribution in [-0.2, 0) is 0 Å². The Kier molecular flexibility index (Phi) is 4.55. The molecule has 2 aliphatic rings. The Morgan fingerprint density at radius 1 is 1.23 bits per heavy atom. The highest BCUT2D eigenvalue weighted by atomic mass is 32.1. The number of hydrogen-bond acceptors (Lipinski definition) is 5. The van der Waals surface area contributed by atoms with Crippen LogP contribution < -0.4 is 14.8 Å². The van der Waals surface area contributed by atoms with Crippen LogP contribution in [0, 0.1) is 12.8 Å². The Morgan fingerprint density at radius 2 is 2.08 bits per heavy atom. The maximum atomic E-state index is 12.8. The van der Waals surface area contributed by atoms with Gasteiger partial charge in [0.1, 0.15) is 0 Å². The van der Waals surface area contributed by atoms with E-state index in [0.717, 1.165) is 23.3 Å². The van der Waals surface area contributed by atoms with Crippen LogP contribution in [0.15, 0.2) is 29.6 Å². The molecule has 136 valence electrons. The minimum atomic E-state index is -0.190. The molecule has 1 aromatic carbocycles. The molecule has 0 radical (unpaired) electrons. The standard InChI is InChI=1S/C19H20N2O4S/c1-12-6-8-26-18(12)17(22)13-3-2-7-21(10-13)19(23)20-14-4-5-15-16(9-14)25-11-24-15/h4-6,8-9,13H,2-3,7,10-11H2,1H3,(H,20,23). The average Bonchev–Trinajstić information content (AvgIpc) is 3.29. The highest BCUT2D eigenvalue weighted by Crippen LogP contribution is 2.34. The first-order valence-electron chi connectivity index (χ1n) is 8.65. The van der Waals surface area contributed by atoms with Gasteiger partial charge in [-0.25, -0.2) is 4.79 Å². The molecule has 1 aromatic heterocycles. The van der Waals surface area contributed by atoms with Crippen molar-refractivity contribution in [2.45, 2.75) is 19.8 Å². The van der Waals surface area contributed by atoms with Crippen molar-refractivity contribution in [3.05, 3.63) is 40.1 Å². The van der Waals surface area contributed by atoms with Crippen LogP contribution in [0.25, 0.3) is 0 Å². The molecule has 0 saturated carbocycles. The Morgan fingerprint density at radius 3 is 2.88 bits per heavy atom. The summed E-state index contributed by atoms with van der Waals surface area (Å²) in [5.41, 5.74) is 1.67. The van der Waals surface area contributed by atoms with E-state index in [-0.39, 0.29) is 24.5 Å². The fraction of sp³-hybridized carbons (Fsp3) is 0.368. The highest BCUT2D eigenvalue weighted by molar-refractivity contribution is 7.12. The van der Waals surface area contributed by atoms with E-state index in [2.05, 4.69) is 5.32 Å². The van der Waals surface area contributed by atoms with E-state index in [0.29, 0.717) is 30.3 Å². The van der Waals surface area contributed by atoms with Crippen molar-refractivity contribution in [1.29, 1.82) is 0 Å². The predicted octanol–water partition coefficient (Wildman–Crippen LogP) is 3.91. The number of ketones is 1. The van der Waals surface area contributed by atoms with Crippen molar-refractivity contribution in [3.63, 3.8) is 0 Å². The van der Waals surface area contributed by atoms with Gasteiger partial charge in [-0.15, -0.1) is 11.3 Å². The van der Waals surface area contributed by atoms with Gasteiger partial charge in [-0.05, 0) is 48.9 Å². The topological polar surface area (TPSA) is 67.9 Å². The number of urea groups is 1. The lowest BCUT2D eigenvalue weighted by molar-refractivity contribution is 0.0855. The molecule has 2 aliphatic heterocycles. The van der Waals surface area contributed by atoms with E-state index in [1.165, 1.54) is 11.3 Å². The molecule has 1 unspecified atom stereocenters. The molecule has 1 fully saturated rings. The summed E-state index contributed by atoms with van der Waals surface area (Å²) in [5.74, 6) is 1.32. The molecule has 6 nitrogen and oxygen atoms in total. The van der Waals surface area contributed by atoms with E-state index in [9.17, 15) is 9.59 Å². The fourth-order valence-corrected chi connectivity index (χ4v) is 4.31. The van der Waals surface area contributed by atoms with E-state index < -0.39 is 0 Å². The number of aryl methyl sites for hydroxylation is 1. The monoisotopic (exact) mass is 372 g/mol. The van der Waals surface area contributed by atoms with Gasteiger partial charge < -0.3 is 19.7 Å². The molecule has 0 bridgehead atoms. The Bertz CT molecular complexity index is 848. The molecule has 0 aliphatic carbocycles. The molecule has 0 spiro atoms. The first kappa shape index (κ1) is 16.9. The van der Waals surface area contributed by atoms with Crippen molar-refractivity contribution >= 4 is 28.8 Å². The Labute approximate surface area is 155 Å². The smallest absolute Gasteiger partial charge is 0.321 e. The van der Waals surface area contributed by atoms with Crippen molar-refractivity contribution in [1.82, 2.24) is 4.90 Å². The number of piperidine rings is 1. The van der Waals surface area contributed by atoms with Crippen LogP contribution in [0.2, 0.25) is 0 Å². The van der Waals surface area contributed by atoms with Gasteiger partial charge in [0.2, 0.25) is 6.79 Å². The van der Waals surface area contributed by atoms with Gasteiger partial charge in [0.05, 0.1) is 4.88 Å². The molecule has 1 atom stereocenters. The fourth-order valence-electron chi connectivity index (χ4n) is 3.36. The van der Waals surface area contributed by atoms with Crippen molar-refractivity contribution < 1.29 is 19.1 Å². The van der Waals surface area contributed by atoms with Crippen LogP contribution in [0.3, 0.4) is 0 Å². The van der Waals surface area contributed by atoms with Crippen LogP contribution >= 0.6 is 11.3 Å². The summed E-state index contributed by atoms with van der Waals surface area (Å²) < 4.78 is 10.6. The molecule has 2 amide bonds. The summed E-state index contributed by atoms with van der Waals surface area (Å²) in [4.78, 5) is 27.9. The lowest BCUT2D eigenvalue weighted by Crippen LogP contribution is -2.44. The third-order valence-electron chi connectivity index (χ3n) is 4.79. The lowest BCUT2D eigenvalue weighted by atomic mass is 9.92. The van der Waals surface area contributed by atoms with Gasteiger partial charge in [-0.1, -0.05) is 0 Å². The summed E-state index contributed by atoms with van der Waals surface area (Å²) in [7, 11) is 0. The number of carbonyl (C=O) groups excluding carboxylic acids is 2. The van der Waals surface area contributed by atoms with Gasteiger partial charge >= 0.3 is 6.03 Å². The second-order valence-corrected chi connectivity index (χ2v) is 7.50. The molecule has 4 rings (SSSR count). The molecule has 1 saturated heterocycles. The number of likely N-dealkylation sites (tertiary alicyclic amines) is 1. The van der Waals surface area contributed by atoms with Crippen LogP contribution in [-0.4, -0.2) is 36.6 Å². The zero-order valence-corrected chi connectivity index (χ0v) is 15.3. The third-order valence-corrected chi connectivity index (χ3v) is 5.82. The lowest BCUT2D eigenvalue weighted by Gasteiger charge is -2.32. The Balaban J connectivity index is 1.42. The summed E-state index contributed by atoms with van der Waals surface area (Å²) >= 11 is 1.48. The number of amides is 2. The average molecular weight is 372 g/mol. The summed E-state index contributed by atoms with van der Waals surface area (Å²) in [6, 6.07) is 7.09. The molecule has 3 heterocycles. The molecule has 7 heteroatoms. The van der Waals surface area contributed by atoms with Gasteiger partial charge in [-0.2, -0.15) is 0 Å². The second-order valence-electron chi connectivity index (χ2n) is 6.58. The van der Waals surface area contributed by atoms with Crippen LogP contribution in [0.4, 0.5) is 10.5 Å². The minimum Gasteiger partial charge on any atom is -0.454 e. The summed E-state index contributed by atoms with van der Waals surface area (Å²) in [6.45, 7) is 3.26. The number of fused-ring (bicyclic) bond motifs is 1. The van der Waals surface area contributed by atoms with Crippen molar-refractivity contribution in [2.75, 3.05) is 25.2 Å². The van der Waals surface area contributed by atoms with Crippen LogP contribution in [0.5, 0.6) is 11.5 Å². The van der Waals surface area contributed by atoms with Crippen molar-refractivity contribution in [3.8, 4) is 11.5 Å². The number of Topliss-reactive ketones (excluding diaryl/α,β-unsaturated/α-hetero) is 1. The maximum Gasteiger partial charge on any atom is 0.321 e. The number of benzene rings is 1. The summed E-state index contributed by atoms with van der Waals surface area (Å²) in [6.07, 6.45) is 1.65. The highest BCUT2D eigenvalue weighted by Gasteiger charge is 2.30. The molecule has 2 aromatic rings. The zero-order chi connectivity index (χ0) is 18.1. The minimum absolute atomic E-state index is 0.136. The van der Waals surface area contributed by atoms with Crippen molar-refractivity contribution in [2.24, 2.45) is 5.92 Å². The number of rotatable bonds is 3. The molecule has 26 heavy (non-hydrogen) atoms.